The van der Waals surface area contributed by atoms with Crippen molar-refractivity contribution in [3.8, 4) is 0 Å². The highest BCUT2D eigenvalue weighted by atomic mass is 15.3. The molecule has 15 heavy (non-hydrogen) atoms. The highest BCUT2D eigenvalue weighted by Crippen LogP contribution is 2.16. The van der Waals surface area contributed by atoms with Crippen LogP contribution in [0.5, 0.6) is 0 Å². The zero-order chi connectivity index (χ0) is 10.8. The van der Waals surface area contributed by atoms with Gasteiger partial charge in [0.15, 0.2) is 0 Å². The lowest BCUT2D eigenvalue weighted by Gasteiger charge is -2.13. The third kappa shape index (κ3) is 2.01. The molecule has 0 amide bonds. The first-order valence-electron chi connectivity index (χ1n) is 4.91. The molecule has 5 nitrogen and oxygen atoms in total. The van der Waals surface area contributed by atoms with Crippen molar-refractivity contribution in [1.29, 1.82) is 0 Å². The molecule has 0 fully saturated rings. The van der Waals surface area contributed by atoms with E-state index in [1.165, 1.54) is 0 Å². The summed E-state index contributed by atoms with van der Waals surface area (Å²) in [6.45, 7) is 2.09. The van der Waals surface area contributed by atoms with Crippen LogP contribution in [-0.2, 0) is 14.1 Å². The van der Waals surface area contributed by atoms with Gasteiger partial charge >= 0.3 is 0 Å². The number of hydrogen-bond donors (Lipinski definition) is 1. The summed E-state index contributed by atoms with van der Waals surface area (Å²) in [5.74, 6) is 0.881. The Kier molecular flexibility index (Phi) is 2.45. The van der Waals surface area contributed by atoms with Gasteiger partial charge in [0, 0.05) is 32.6 Å². The molecule has 2 heterocycles. The standard InChI is InChI=1S/C10H15N5/c1-8(9-4-6-11-15(9)3)12-10-5-7-14(2)13-10/h4-8H,1-3H3,(H,12,13). The summed E-state index contributed by atoms with van der Waals surface area (Å²) in [5, 5.41) is 11.7. The van der Waals surface area contributed by atoms with E-state index < -0.39 is 0 Å². The van der Waals surface area contributed by atoms with E-state index >= 15 is 0 Å². The van der Waals surface area contributed by atoms with Crippen LogP contribution in [0.4, 0.5) is 5.82 Å². The fourth-order valence-electron chi connectivity index (χ4n) is 1.60. The van der Waals surface area contributed by atoms with Crippen LogP contribution in [0.2, 0.25) is 0 Å². The minimum atomic E-state index is 0.201. The van der Waals surface area contributed by atoms with Crippen molar-refractivity contribution in [3.05, 3.63) is 30.2 Å². The van der Waals surface area contributed by atoms with Crippen molar-refractivity contribution in [2.24, 2.45) is 14.1 Å². The predicted octanol–water partition coefficient (Wildman–Crippen LogP) is 1.33. The smallest absolute Gasteiger partial charge is 0.148 e. The topological polar surface area (TPSA) is 47.7 Å². The van der Waals surface area contributed by atoms with Crippen molar-refractivity contribution < 1.29 is 0 Å². The lowest BCUT2D eigenvalue weighted by molar-refractivity contribution is 0.671. The summed E-state index contributed by atoms with van der Waals surface area (Å²) < 4.78 is 3.64. The molecule has 0 aliphatic rings. The fourth-order valence-corrected chi connectivity index (χ4v) is 1.60. The van der Waals surface area contributed by atoms with Crippen molar-refractivity contribution in [2.75, 3.05) is 5.32 Å². The molecular formula is C10H15N5. The average molecular weight is 205 g/mol. The predicted molar refractivity (Wildman–Crippen MR) is 58.5 cm³/mol. The molecule has 1 unspecified atom stereocenters. The van der Waals surface area contributed by atoms with Gasteiger partial charge in [0.2, 0.25) is 0 Å². The van der Waals surface area contributed by atoms with E-state index in [0.717, 1.165) is 11.5 Å². The summed E-state index contributed by atoms with van der Waals surface area (Å²) in [6.07, 6.45) is 3.71. The maximum absolute atomic E-state index is 4.27. The Hall–Kier alpha value is -1.78. The molecule has 0 saturated carbocycles. The van der Waals surface area contributed by atoms with Gasteiger partial charge in [-0.2, -0.15) is 10.2 Å². The molecule has 2 rings (SSSR count). The van der Waals surface area contributed by atoms with Crippen LogP contribution in [0.1, 0.15) is 18.7 Å². The SMILES string of the molecule is CC(Nc1ccn(C)n1)c1ccnn1C. The van der Waals surface area contributed by atoms with Gasteiger partial charge in [-0.1, -0.05) is 0 Å². The first kappa shape index (κ1) is 9.76. The maximum atomic E-state index is 4.27. The van der Waals surface area contributed by atoms with Crippen LogP contribution in [0, 0.1) is 0 Å². The van der Waals surface area contributed by atoms with Gasteiger partial charge in [-0.3, -0.25) is 9.36 Å². The van der Waals surface area contributed by atoms with Crippen LogP contribution in [0.25, 0.3) is 0 Å². The number of rotatable bonds is 3. The van der Waals surface area contributed by atoms with Gasteiger partial charge in [0.25, 0.3) is 0 Å². The Labute approximate surface area is 88.7 Å². The average Bonchev–Trinajstić information content (AvgIpc) is 2.75. The summed E-state index contributed by atoms with van der Waals surface area (Å²) >= 11 is 0. The lowest BCUT2D eigenvalue weighted by Crippen LogP contribution is -2.11. The molecule has 0 radical (unpaired) electrons. The molecule has 5 heteroatoms. The van der Waals surface area contributed by atoms with Crippen molar-refractivity contribution in [1.82, 2.24) is 19.6 Å². The van der Waals surface area contributed by atoms with Crippen LogP contribution >= 0.6 is 0 Å². The lowest BCUT2D eigenvalue weighted by atomic mass is 10.2. The van der Waals surface area contributed by atoms with Gasteiger partial charge in [-0.05, 0) is 13.0 Å². The minimum absolute atomic E-state index is 0.201. The molecule has 0 spiro atoms. The number of hydrogen-bond acceptors (Lipinski definition) is 3. The molecule has 0 bridgehead atoms. The fraction of sp³-hybridized carbons (Fsp3) is 0.400. The van der Waals surface area contributed by atoms with Crippen LogP contribution in [-0.4, -0.2) is 19.6 Å². The summed E-state index contributed by atoms with van der Waals surface area (Å²) in [7, 11) is 3.84. The molecule has 0 aliphatic heterocycles. The Bertz CT molecular complexity index is 442. The first-order valence-corrected chi connectivity index (χ1v) is 4.91. The highest BCUT2D eigenvalue weighted by molar-refractivity contribution is 5.35. The van der Waals surface area contributed by atoms with Crippen LogP contribution in [0.3, 0.4) is 0 Å². The number of anilines is 1. The molecule has 2 aromatic rings. The van der Waals surface area contributed by atoms with Crippen molar-refractivity contribution in [3.63, 3.8) is 0 Å². The van der Waals surface area contributed by atoms with E-state index in [9.17, 15) is 0 Å². The number of aromatic nitrogens is 4. The van der Waals surface area contributed by atoms with Gasteiger partial charge in [0.1, 0.15) is 5.82 Å². The van der Waals surface area contributed by atoms with Crippen LogP contribution in [0.15, 0.2) is 24.5 Å². The Morgan fingerprint density at radius 2 is 2.13 bits per heavy atom. The molecule has 80 valence electrons. The van der Waals surface area contributed by atoms with E-state index in [2.05, 4.69) is 22.4 Å². The number of aryl methyl sites for hydroxylation is 2. The second-order valence-electron chi connectivity index (χ2n) is 3.62. The normalized spacial score (nSPS) is 12.7. The van der Waals surface area contributed by atoms with E-state index in [0.29, 0.717) is 0 Å². The second-order valence-corrected chi connectivity index (χ2v) is 3.62. The molecule has 0 aliphatic carbocycles. The Morgan fingerprint density at radius 1 is 1.33 bits per heavy atom. The van der Waals surface area contributed by atoms with E-state index in [4.69, 9.17) is 0 Å². The van der Waals surface area contributed by atoms with Crippen molar-refractivity contribution in [2.45, 2.75) is 13.0 Å². The Morgan fingerprint density at radius 3 is 2.67 bits per heavy atom. The van der Waals surface area contributed by atoms with Gasteiger partial charge < -0.3 is 5.32 Å². The molecule has 2 aromatic heterocycles. The van der Waals surface area contributed by atoms with E-state index in [1.54, 1.807) is 10.9 Å². The minimum Gasteiger partial charge on any atom is -0.361 e. The quantitative estimate of drug-likeness (QED) is 0.822. The highest BCUT2D eigenvalue weighted by Gasteiger charge is 2.09. The molecule has 1 N–H and O–H groups in total. The molecule has 0 aromatic carbocycles. The van der Waals surface area contributed by atoms with Gasteiger partial charge in [-0.25, -0.2) is 0 Å². The van der Waals surface area contributed by atoms with E-state index in [-0.39, 0.29) is 6.04 Å². The number of nitrogens with one attached hydrogen (secondary N) is 1. The third-order valence-corrected chi connectivity index (χ3v) is 2.38. The maximum Gasteiger partial charge on any atom is 0.148 e. The summed E-state index contributed by atoms with van der Waals surface area (Å²) in [5.41, 5.74) is 1.14. The van der Waals surface area contributed by atoms with Gasteiger partial charge in [0.05, 0.1) is 11.7 Å². The molecule has 0 saturated heterocycles. The molecular weight excluding hydrogens is 190 g/mol. The second kappa shape index (κ2) is 3.76. The van der Waals surface area contributed by atoms with Crippen molar-refractivity contribution >= 4 is 5.82 Å². The zero-order valence-electron chi connectivity index (χ0n) is 9.18. The monoisotopic (exact) mass is 205 g/mol. The summed E-state index contributed by atoms with van der Waals surface area (Å²) in [4.78, 5) is 0. The number of nitrogens with zero attached hydrogens (tertiary/aromatic N) is 4. The largest absolute Gasteiger partial charge is 0.361 e. The zero-order valence-corrected chi connectivity index (χ0v) is 9.18. The van der Waals surface area contributed by atoms with E-state index in [1.807, 2.05) is 37.1 Å². The first-order chi connectivity index (χ1) is 7.16. The third-order valence-electron chi connectivity index (χ3n) is 2.38. The summed E-state index contributed by atoms with van der Waals surface area (Å²) in [6, 6.07) is 4.15. The molecule has 1 atom stereocenters. The van der Waals surface area contributed by atoms with Gasteiger partial charge in [-0.15, -0.1) is 0 Å². The van der Waals surface area contributed by atoms with Crippen LogP contribution < -0.4 is 5.32 Å². The Balaban J connectivity index is 2.10.